The van der Waals surface area contributed by atoms with Crippen LogP contribution in [-0.4, -0.2) is 54.0 Å². The van der Waals surface area contributed by atoms with Gasteiger partial charge in [0.25, 0.3) is 0 Å². The molecule has 1 aliphatic heterocycles. The number of rotatable bonds is 8. The van der Waals surface area contributed by atoms with Crippen LogP contribution in [0.3, 0.4) is 0 Å². The van der Waals surface area contributed by atoms with E-state index in [0.29, 0.717) is 40.9 Å². The van der Waals surface area contributed by atoms with Crippen LogP contribution in [0.5, 0.6) is 11.5 Å². The van der Waals surface area contributed by atoms with Crippen LogP contribution < -0.4 is 9.47 Å². The third-order valence-electron chi connectivity index (χ3n) is 6.56. The summed E-state index contributed by atoms with van der Waals surface area (Å²) in [5.74, 6) is 0.518. The second-order valence-corrected chi connectivity index (χ2v) is 11.2. The van der Waals surface area contributed by atoms with Crippen LogP contribution in [0.2, 0.25) is 10.0 Å². The van der Waals surface area contributed by atoms with Crippen LogP contribution >= 0.6 is 23.2 Å². The van der Waals surface area contributed by atoms with Crippen LogP contribution in [0.1, 0.15) is 57.6 Å². The maximum Gasteiger partial charge on any atom is 0.407 e. The fourth-order valence-corrected chi connectivity index (χ4v) is 5.46. The summed E-state index contributed by atoms with van der Waals surface area (Å²) in [6.07, 6.45) is -0.0549. The maximum absolute atomic E-state index is 13.4. The quantitative estimate of drug-likeness (QED) is 0.281. The van der Waals surface area contributed by atoms with Crippen molar-refractivity contribution in [2.75, 3.05) is 26.3 Å². The van der Waals surface area contributed by atoms with Gasteiger partial charge < -0.3 is 24.2 Å². The Hall–Kier alpha value is -2.64. The van der Waals surface area contributed by atoms with Crippen LogP contribution in [0.25, 0.3) is 0 Å². The van der Waals surface area contributed by atoms with E-state index in [4.69, 9.17) is 37.4 Å². The van der Waals surface area contributed by atoms with Crippen LogP contribution in [0.4, 0.5) is 4.79 Å². The van der Waals surface area contributed by atoms with Crippen LogP contribution in [0, 0.1) is 12.3 Å². The van der Waals surface area contributed by atoms with Gasteiger partial charge >= 0.3 is 12.1 Å². The minimum absolute atomic E-state index is 0.0954. The number of aryl methyl sites for hydroxylation is 1. The number of amides is 1. The zero-order valence-corrected chi connectivity index (χ0v) is 23.5. The Kier molecular flexibility index (Phi) is 9.24. The second-order valence-electron chi connectivity index (χ2n) is 10.4. The Labute approximate surface area is 228 Å². The van der Waals surface area contributed by atoms with Gasteiger partial charge in [-0.1, -0.05) is 42.3 Å². The molecule has 0 spiro atoms. The lowest BCUT2D eigenvalue weighted by molar-refractivity contribution is -0.172. The number of piperidine rings is 1. The first-order valence-corrected chi connectivity index (χ1v) is 13.1. The summed E-state index contributed by atoms with van der Waals surface area (Å²) in [6, 6.07) is 11.1. The third kappa shape index (κ3) is 7.02. The van der Waals surface area contributed by atoms with E-state index >= 15 is 0 Å². The van der Waals surface area contributed by atoms with E-state index in [0.717, 1.165) is 11.1 Å². The molecule has 202 valence electrons. The Morgan fingerprint density at radius 1 is 1.08 bits per heavy atom. The molecule has 1 aliphatic rings. The molecular formula is C28H35Cl2NO6. The predicted octanol–water partition coefficient (Wildman–Crippen LogP) is 6.97. The van der Waals surface area contributed by atoms with E-state index in [1.165, 1.54) is 4.90 Å². The van der Waals surface area contributed by atoms with E-state index in [2.05, 4.69) is 0 Å². The number of likely N-dealkylation sites (tertiary alicyclic amines) is 1. The molecule has 1 amide bonds. The first kappa shape index (κ1) is 28.9. The SMILES string of the molecule is CCC1(C(=O)OC(C)(C)C)CN(C(=O)O)CCC1c1ccc(OCCOc2c(Cl)cc(C)cc2Cl)cc1. The molecule has 0 saturated carbocycles. The Morgan fingerprint density at radius 3 is 2.22 bits per heavy atom. The number of esters is 1. The van der Waals surface area contributed by atoms with Crippen molar-refractivity contribution in [3.05, 3.63) is 57.6 Å². The lowest BCUT2D eigenvalue weighted by Crippen LogP contribution is -2.54. The van der Waals surface area contributed by atoms with Gasteiger partial charge in [-0.25, -0.2) is 4.79 Å². The number of hydrogen-bond donors (Lipinski definition) is 1. The molecule has 37 heavy (non-hydrogen) atoms. The molecule has 7 nitrogen and oxygen atoms in total. The molecule has 2 unspecified atom stereocenters. The number of carbonyl (C=O) groups excluding carboxylic acids is 1. The highest BCUT2D eigenvalue weighted by Gasteiger charge is 2.51. The predicted molar refractivity (Wildman–Crippen MR) is 144 cm³/mol. The third-order valence-corrected chi connectivity index (χ3v) is 7.12. The zero-order valence-electron chi connectivity index (χ0n) is 22.0. The van der Waals surface area contributed by atoms with E-state index in [1.54, 1.807) is 12.1 Å². The van der Waals surface area contributed by atoms with Gasteiger partial charge in [0.1, 0.15) is 24.6 Å². The molecular weight excluding hydrogens is 517 g/mol. The molecule has 2 aromatic rings. The number of carbonyl (C=O) groups is 2. The van der Waals surface area contributed by atoms with Gasteiger partial charge in [0, 0.05) is 19.0 Å². The van der Waals surface area contributed by atoms with Gasteiger partial charge in [0.15, 0.2) is 5.75 Å². The Balaban J connectivity index is 1.71. The lowest BCUT2D eigenvalue weighted by atomic mass is 9.66. The molecule has 1 saturated heterocycles. The highest BCUT2D eigenvalue weighted by atomic mass is 35.5. The Morgan fingerprint density at radius 2 is 1.68 bits per heavy atom. The Bertz CT molecular complexity index is 1090. The average molecular weight is 552 g/mol. The van der Waals surface area contributed by atoms with Crippen molar-refractivity contribution in [3.63, 3.8) is 0 Å². The number of benzene rings is 2. The molecule has 1 heterocycles. The summed E-state index contributed by atoms with van der Waals surface area (Å²) in [4.78, 5) is 26.5. The normalized spacial score (nSPS) is 19.9. The molecule has 0 radical (unpaired) electrons. The summed E-state index contributed by atoms with van der Waals surface area (Å²) >= 11 is 12.4. The van der Waals surface area contributed by atoms with Gasteiger partial charge in [-0.2, -0.15) is 0 Å². The molecule has 1 N–H and O–H groups in total. The number of hydrogen-bond acceptors (Lipinski definition) is 5. The minimum Gasteiger partial charge on any atom is -0.490 e. The molecule has 2 atom stereocenters. The molecule has 2 aromatic carbocycles. The minimum atomic E-state index is -1.03. The largest absolute Gasteiger partial charge is 0.490 e. The maximum atomic E-state index is 13.4. The number of nitrogens with zero attached hydrogens (tertiary/aromatic N) is 1. The first-order chi connectivity index (χ1) is 17.4. The summed E-state index contributed by atoms with van der Waals surface area (Å²) < 4.78 is 17.3. The van der Waals surface area contributed by atoms with Gasteiger partial charge in [0.2, 0.25) is 0 Å². The summed E-state index contributed by atoms with van der Waals surface area (Å²) in [5.41, 5.74) is 0.236. The molecule has 3 rings (SSSR count). The fraction of sp³-hybridized carbons (Fsp3) is 0.500. The van der Waals surface area contributed by atoms with Crippen molar-refractivity contribution in [2.24, 2.45) is 5.41 Å². The van der Waals surface area contributed by atoms with Gasteiger partial charge in [-0.05, 0) is 75.9 Å². The van der Waals surface area contributed by atoms with Crippen molar-refractivity contribution in [3.8, 4) is 11.5 Å². The highest BCUT2D eigenvalue weighted by molar-refractivity contribution is 6.37. The average Bonchev–Trinajstić information content (AvgIpc) is 2.81. The van der Waals surface area contributed by atoms with E-state index in [1.807, 2.05) is 58.9 Å². The van der Waals surface area contributed by atoms with Gasteiger partial charge in [-0.3, -0.25) is 4.79 Å². The van der Waals surface area contributed by atoms with Crippen molar-refractivity contribution in [2.45, 2.75) is 59.0 Å². The van der Waals surface area contributed by atoms with Crippen molar-refractivity contribution in [1.82, 2.24) is 4.90 Å². The molecule has 1 fully saturated rings. The number of carboxylic acid groups (broad SMARTS) is 1. The topological polar surface area (TPSA) is 85.3 Å². The summed E-state index contributed by atoms with van der Waals surface area (Å²) in [6.45, 7) is 10.3. The van der Waals surface area contributed by atoms with Crippen LogP contribution in [-0.2, 0) is 9.53 Å². The highest BCUT2D eigenvalue weighted by Crippen LogP contribution is 2.47. The van der Waals surface area contributed by atoms with E-state index in [-0.39, 0.29) is 31.6 Å². The number of ether oxygens (including phenoxy) is 3. The molecule has 0 bridgehead atoms. The van der Waals surface area contributed by atoms with Crippen molar-refractivity contribution >= 4 is 35.3 Å². The smallest absolute Gasteiger partial charge is 0.407 e. The summed E-state index contributed by atoms with van der Waals surface area (Å²) in [5, 5.41) is 10.5. The van der Waals surface area contributed by atoms with E-state index < -0.39 is 17.1 Å². The molecule has 9 heteroatoms. The van der Waals surface area contributed by atoms with E-state index in [9.17, 15) is 14.7 Å². The number of halogens is 2. The van der Waals surface area contributed by atoms with Crippen molar-refractivity contribution < 1.29 is 28.9 Å². The van der Waals surface area contributed by atoms with Crippen molar-refractivity contribution in [1.29, 1.82) is 0 Å². The van der Waals surface area contributed by atoms with Crippen LogP contribution in [0.15, 0.2) is 36.4 Å². The molecule has 0 aromatic heterocycles. The van der Waals surface area contributed by atoms with Gasteiger partial charge in [0.05, 0.1) is 15.5 Å². The summed E-state index contributed by atoms with van der Waals surface area (Å²) in [7, 11) is 0. The van der Waals surface area contributed by atoms with Gasteiger partial charge in [-0.15, -0.1) is 0 Å². The fourth-order valence-electron chi connectivity index (χ4n) is 4.75. The zero-order chi connectivity index (χ0) is 27.4. The standard InChI is InChI=1S/C28H35Cl2NO6/c1-6-28(25(32)37-27(3,4)5)17-31(26(33)34)12-11-21(28)19-7-9-20(10-8-19)35-13-14-36-24-22(29)15-18(2)16-23(24)30/h7-10,15-16,21H,6,11-14,17H2,1-5H3,(H,33,34). The second kappa shape index (κ2) is 11.8. The molecule has 0 aliphatic carbocycles. The monoisotopic (exact) mass is 551 g/mol. The first-order valence-electron chi connectivity index (χ1n) is 12.4. The lowest BCUT2D eigenvalue weighted by Gasteiger charge is -2.46.